The van der Waals surface area contributed by atoms with Gasteiger partial charge in [-0.05, 0) is 18.9 Å². The van der Waals surface area contributed by atoms with Gasteiger partial charge in [-0.25, -0.2) is 14.1 Å². The monoisotopic (exact) mass is 392 g/mol. The molecule has 0 N–H and O–H groups in total. The summed E-state index contributed by atoms with van der Waals surface area (Å²) in [4.78, 5) is 18.6. The Bertz CT molecular complexity index is 1170. The van der Waals surface area contributed by atoms with Crippen LogP contribution >= 0.6 is 11.8 Å². The highest BCUT2D eigenvalue weighted by Gasteiger charge is 2.36. The molecular weight excluding hydrogens is 368 g/mol. The maximum Gasteiger partial charge on any atom is 0.265 e. The summed E-state index contributed by atoms with van der Waals surface area (Å²) >= 11 is 1.51. The van der Waals surface area contributed by atoms with Gasteiger partial charge in [0, 0.05) is 16.7 Å². The Morgan fingerprint density at radius 3 is 2.82 bits per heavy atom. The molecule has 2 aromatic heterocycles. The molecule has 0 bridgehead atoms. The van der Waals surface area contributed by atoms with Gasteiger partial charge >= 0.3 is 0 Å². The zero-order valence-electron chi connectivity index (χ0n) is 16.5. The molecule has 0 radical (unpaired) electrons. The van der Waals surface area contributed by atoms with Crippen molar-refractivity contribution in [2.24, 2.45) is 0 Å². The quantitative estimate of drug-likeness (QED) is 0.481. The lowest BCUT2D eigenvalue weighted by atomic mass is 9.72. The highest BCUT2D eigenvalue weighted by Crippen LogP contribution is 2.40. The molecule has 0 aliphatic heterocycles. The van der Waals surface area contributed by atoms with Gasteiger partial charge in [-0.15, -0.1) is 11.7 Å². The topological polar surface area (TPSA) is 52.2 Å². The van der Waals surface area contributed by atoms with Gasteiger partial charge in [-0.3, -0.25) is 4.79 Å². The predicted molar refractivity (Wildman–Crippen MR) is 115 cm³/mol. The number of hydrogen-bond donors (Lipinski definition) is 0. The minimum absolute atomic E-state index is 0.0287. The molecule has 144 valence electrons. The van der Waals surface area contributed by atoms with Crippen LogP contribution in [0.3, 0.4) is 0 Å². The number of benzene rings is 1. The van der Waals surface area contributed by atoms with E-state index in [1.54, 1.807) is 15.2 Å². The summed E-state index contributed by atoms with van der Waals surface area (Å²) in [6, 6.07) is 8.22. The number of rotatable bonds is 5. The minimum Gasteiger partial charge on any atom is -0.268 e. The Balaban J connectivity index is 2.06. The maximum atomic E-state index is 13.7. The predicted octanol–water partition coefficient (Wildman–Crippen LogP) is 4.25. The summed E-state index contributed by atoms with van der Waals surface area (Å²) in [6.45, 7) is 14.5. The summed E-state index contributed by atoms with van der Waals surface area (Å²) in [5.74, 6) is 1.26. The third kappa shape index (κ3) is 2.92. The highest BCUT2D eigenvalue weighted by atomic mass is 32.2. The fourth-order valence-corrected chi connectivity index (χ4v) is 4.67. The third-order valence-corrected chi connectivity index (χ3v) is 6.18. The fourth-order valence-electron chi connectivity index (χ4n) is 3.85. The maximum absolute atomic E-state index is 13.7. The first-order chi connectivity index (χ1) is 13.3. The van der Waals surface area contributed by atoms with Crippen LogP contribution in [-0.2, 0) is 18.4 Å². The van der Waals surface area contributed by atoms with E-state index in [4.69, 9.17) is 4.98 Å². The molecule has 3 aromatic rings. The molecule has 0 amide bonds. The summed E-state index contributed by atoms with van der Waals surface area (Å²) in [5.41, 5.74) is 4.51. The second kappa shape index (κ2) is 6.78. The lowest BCUT2D eigenvalue weighted by molar-refractivity contribution is 0.505. The van der Waals surface area contributed by atoms with Gasteiger partial charge in [0.15, 0.2) is 5.16 Å². The molecule has 2 heterocycles. The van der Waals surface area contributed by atoms with Crippen LogP contribution in [-0.4, -0.2) is 24.9 Å². The normalized spacial score (nSPS) is 14.5. The fraction of sp³-hybridized carbons (Fsp3) is 0.318. The Kier molecular flexibility index (Phi) is 4.54. The molecule has 6 heteroatoms. The molecule has 0 spiro atoms. The molecule has 0 saturated carbocycles. The van der Waals surface area contributed by atoms with Gasteiger partial charge in [0.2, 0.25) is 5.78 Å². The van der Waals surface area contributed by atoms with Crippen molar-refractivity contribution in [3.05, 3.63) is 70.6 Å². The van der Waals surface area contributed by atoms with Gasteiger partial charge in [-0.1, -0.05) is 68.1 Å². The van der Waals surface area contributed by atoms with E-state index in [0.29, 0.717) is 23.2 Å². The van der Waals surface area contributed by atoms with E-state index in [-0.39, 0.29) is 11.0 Å². The summed E-state index contributed by atoms with van der Waals surface area (Å²) < 4.78 is 3.41. The van der Waals surface area contributed by atoms with Crippen molar-refractivity contribution < 1.29 is 0 Å². The number of aromatic nitrogens is 4. The smallest absolute Gasteiger partial charge is 0.265 e. The zero-order valence-corrected chi connectivity index (χ0v) is 17.3. The molecule has 1 aromatic carbocycles. The van der Waals surface area contributed by atoms with Crippen molar-refractivity contribution in [3.8, 4) is 11.3 Å². The van der Waals surface area contributed by atoms with Crippen molar-refractivity contribution in [1.29, 1.82) is 0 Å². The first-order valence-electron chi connectivity index (χ1n) is 9.34. The van der Waals surface area contributed by atoms with Crippen LogP contribution in [0.15, 0.2) is 59.0 Å². The van der Waals surface area contributed by atoms with Crippen molar-refractivity contribution >= 4 is 17.5 Å². The van der Waals surface area contributed by atoms with E-state index in [0.717, 1.165) is 28.8 Å². The largest absolute Gasteiger partial charge is 0.268 e. The Labute approximate surface area is 168 Å². The van der Waals surface area contributed by atoms with Crippen LogP contribution in [0.5, 0.6) is 0 Å². The van der Waals surface area contributed by atoms with Crippen LogP contribution in [0.4, 0.5) is 0 Å². The zero-order chi connectivity index (χ0) is 20.1. The lowest BCUT2D eigenvalue weighted by Crippen LogP contribution is -2.36. The molecule has 0 unspecified atom stereocenters. The van der Waals surface area contributed by atoms with Gasteiger partial charge in [0.05, 0.1) is 17.8 Å². The molecule has 4 rings (SSSR count). The van der Waals surface area contributed by atoms with E-state index in [9.17, 15) is 4.79 Å². The van der Waals surface area contributed by atoms with Crippen molar-refractivity contribution in [3.63, 3.8) is 0 Å². The van der Waals surface area contributed by atoms with E-state index >= 15 is 0 Å². The van der Waals surface area contributed by atoms with Crippen LogP contribution in [0.2, 0.25) is 0 Å². The Morgan fingerprint density at radius 1 is 1.36 bits per heavy atom. The van der Waals surface area contributed by atoms with Gasteiger partial charge < -0.3 is 0 Å². The summed E-state index contributed by atoms with van der Waals surface area (Å²) in [5, 5.41) is 5.30. The van der Waals surface area contributed by atoms with Crippen LogP contribution < -0.4 is 5.56 Å². The molecular formula is C22H24N4OS. The second-order valence-electron chi connectivity index (χ2n) is 7.99. The average Bonchev–Trinajstić information content (AvgIpc) is 2.97. The first kappa shape index (κ1) is 18.7. The highest BCUT2D eigenvalue weighted by molar-refractivity contribution is 7.99. The van der Waals surface area contributed by atoms with E-state index in [1.165, 1.54) is 17.3 Å². The second-order valence-corrected chi connectivity index (χ2v) is 8.94. The van der Waals surface area contributed by atoms with E-state index < -0.39 is 0 Å². The molecule has 28 heavy (non-hydrogen) atoms. The standard InChI is InChI=1S/C22H24N4OS/c1-6-11-25-20-23-18-16-10-8-7-9-15(16)12-22(4,5)17(18)19(27)26(20)21(24-25)28-13-14(2)3/h6-10H,1-2,11-13H2,3-5H3. The summed E-state index contributed by atoms with van der Waals surface area (Å²) in [7, 11) is 0. The van der Waals surface area contributed by atoms with Gasteiger partial charge in [-0.2, -0.15) is 0 Å². The first-order valence-corrected chi connectivity index (χ1v) is 10.3. The van der Waals surface area contributed by atoms with Crippen molar-refractivity contribution in [2.45, 2.75) is 44.3 Å². The molecule has 1 aliphatic rings. The van der Waals surface area contributed by atoms with Crippen molar-refractivity contribution in [2.75, 3.05) is 5.75 Å². The summed E-state index contributed by atoms with van der Waals surface area (Å²) in [6.07, 6.45) is 2.58. The Hall–Kier alpha value is -2.60. The molecule has 0 atom stereocenters. The van der Waals surface area contributed by atoms with Crippen molar-refractivity contribution in [1.82, 2.24) is 19.2 Å². The SMILES string of the molecule is C=CCn1nc(SCC(=C)C)n2c(=O)c3c(nc12)-c1ccccc1CC3(C)C. The number of thioether (sulfide) groups is 1. The van der Waals surface area contributed by atoms with E-state index in [2.05, 4.69) is 44.2 Å². The number of nitrogens with zero attached hydrogens (tertiary/aromatic N) is 4. The lowest BCUT2D eigenvalue weighted by Gasteiger charge is -2.32. The molecule has 0 saturated heterocycles. The Morgan fingerprint density at radius 2 is 2.11 bits per heavy atom. The van der Waals surface area contributed by atoms with Gasteiger partial charge in [0.25, 0.3) is 5.56 Å². The number of fused-ring (bicyclic) bond motifs is 4. The third-order valence-electron chi connectivity index (χ3n) is 5.03. The minimum atomic E-state index is -0.300. The van der Waals surface area contributed by atoms with Crippen LogP contribution in [0.25, 0.3) is 17.0 Å². The van der Waals surface area contributed by atoms with Crippen LogP contribution in [0.1, 0.15) is 31.9 Å². The molecule has 1 aliphatic carbocycles. The number of hydrogen-bond acceptors (Lipinski definition) is 4. The number of allylic oxidation sites excluding steroid dienone is 1. The van der Waals surface area contributed by atoms with Crippen LogP contribution in [0, 0.1) is 0 Å². The van der Waals surface area contributed by atoms with E-state index in [1.807, 2.05) is 19.1 Å². The van der Waals surface area contributed by atoms with Gasteiger partial charge in [0.1, 0.15) is 0 Å². The molecule has 0 fully saturated rings. The molecule has 5 nitrogen and oxygen atoms in total. The average molecular weight is 393 g/mol.